The molecule has 0 spiro atoms. The molecule has 0 fully saturated rings. The maximum Gasteiger partial charge on any atom is 0.356 e. The molecule has 1 heterocycles. The Labute approximate surface area is 118 Å². The molecule has 0 radical (unpaired) electrons. The number of nitrogens with zero attached hydrogens (tertiary/aromatic N) is 3. The Kier molecular flexibility index (Phi) is 4.13. The summed E-state index contributed by atoms with van der Waals surface area (Å²) in [6.07, 6.45) is 2.63. The van der Waals surface area contributed by atoms with Crippen molar-refractivity contribution in [3.63, 3.8) is 0 Å². The number of hydrogen-bond donors (Lipinski definition) is 2. The van der Waals surface area contributed by atoms with Crippen LogP contribution in [0.4, 0.5) is 14.5 Å². The van der Waals surface area contributed by atoms with E-state index in [2.05, 4.69) is 10.3 Å². The number of imidazole rings is 1. The number of carboxylic acid groups (broad SMARTS) is 1. The van der Waals surface area contributed by atoms with Gasteiger partial charge < -0.3 is 15.0 Å². The monoisotopic (exact) mass is 292 g/mol. The Bertz CT molecular complexity index is 698. The second kappa shape index (κ2) is 6.00. The van der Waals surface area contributed by atoms with E-state index < -0.39 is 17.6 Å². The molecule has 6 nitrogen and oxygen atoms in total. The molecule has 0 saturated carbocycles. The highest BCUT2D eigenvalue weighted by Crippen LogP contribution is 2.20. The van der Waals surface area contributed by atoms with Crippen LogP contribution < -0.4 is 5.32 Å². The second-order valence-corrected chi connectivity index (χ2v) is 4.16. The molecule has 0 unspecified atom stereocenters. The molecule has 8 heteroatoms. The highest BCUT2D eigenvalue weighted by atomic mass is 19.1. The number of aromatic carboxylic acids is 1. The van der Waals surface area contributed by atoms with E-state index in [1.165, 1.54) is 17.1 Å². The molecule has 2 N–H and O–H groups in total. The van der Waals surface area contributed by atoms with Crippen molar-refractivity contribution in [2.75, 3.05) is 11.9 Å². The van der Waals surface area contributed by atoms with E-state index in [1.54, 1.807) is 6.07 Å². The van der Waals surface area contributed by atoms with Gasteiger partial charge in [0.1, 0.15) is 5.69 Å². The van der Waals surface area contributed by atoms with Crippen molar-refractivity contribution in [2.45, 2.75) is 6.54 Å². The van der Waals surface area contributed by atoms with Gasteiger partial charge in [-0.2, -0.15) is 5.26 Å². The van der Waals surface area contributed by atoms with Crippen LogP contribution in [0.2, 0.25) is 0 Å². The first kappa shape index (κ1) is 14.5. The molecule has 0 amide bonds. The van der Waals surface area contributed by atoms with Crippen LogP contribution in [0.25, 0.3) is 0 Å². The zero-order valence-electron chi connectivity index (χ0n) is 10.7. The van der Waals surface area contributed by atoms with E-state index in [1.807, 2.05) is 0 Å². The average Bonchev–Trinajstić information content (AvgIpc) is 2.90. The molecule has 2 aromatic rings. The largest absolute Gasteiger partial charge is 0.476 e. The van der Waals surface area contributed by atoms with Crippen molar-refractivity contribution in [2.24, 2.45) is 0 Å². The lowest BCUT2D eigenvalue weighted by Gasteiger charge is -2.09. The van der Waals surface area contributed by atoms with Gasteiger partial charge in [-0.25, -0.2) is 18.6 Å². The lowest BCUT2D eigenvalue weighted by molar-refractivity contribution is 0.0691. The molecular weight excluding hydrogens is 282 g/mol. The summed E-state index contributed by atoms with van der Waals surface area (Å²) >= 11 is 0. The van der Waals surface area contributed by atoms with Crippen molar-refractivity contribution in [3.05, 3.63) is 47.5 Å². The molecule has 1 aromatic heterocycles. The Morgan fingerprint density at radius 1 is 1.43 bits per heavy atom. The smallest absolute Gasteiger partial charge is 0.356 e. The van der Waals surface area contributed by atoms with Crippen LogP contribution in [0.15, 0.2) is 24.7 Å². The van der Waals surface area contributed by atoms with E-state index in [-0.39, 0.29) is 30.0 Å². The molecule has 2 rings (SSSR count). The third-order valence-corrected chi connectivity index (χ3v) is 2.70. The summed E-state index contributed by atoms with van der Waals surface area (Å²) in [7, 11) is 0. The number of carbonyl (C=O) groups is 1. The standard InChI is InChI=1S/C13H10F2N4O2/c14-9-3-8(5-16)4-10(15)12(9)17-1-2-19-6-11(13(20)21)18-7-19/h3-4,6-7,17H,1-2H2,(H,20,21). The molecule has 0 atom stereocenters. The van der Waals surface area contributed by atoms with Gasteiger partial charge in [-0.3, -0.25) is 0 Å². The van der Waals surface area contributed by atoms with Crippen molar-refractivity contribution >= 4 is 11.7 Å². The molecule has 0 aliphatic carbocycles. The van der Waals surface area contributed by atoms with E-state index in [0.29, 0.717) is 0 Å². The normalized spacial score (nSPS) is 10.1. The minimum absolute atomic E-state index is 0.101. The summed E-state index contributed by atoms with van der Waals surface area (Å²) < 4.78 is 28.6. The van der Waals surface area contributed by atoms with Crippen molar-refractivity contribution < 1.29 is 18.7 Å². The molecule has 1 aromatic carbocycles. The number of rotatable bonds is 5. The minimum atomic E-state index is -1.15. The number of halogens is 2. The quantitative estimate of drug-likeness (QED) is 0.877. The van der Waals surface area contributed by atoms with Crippen molar-refractivity contribution in [3.8, 4) is 6.07 Å². The van der Waals surface area contributed by atoms with Crippen LogP contribution in [0.1, 0.15) is 16.1 Å². The van der Waals surface area contributed by atoms with Crippen LogP contribution in [-0.4, -0.2) is 27.2 Å². The van der Waals surface area contributed by atoms with Gasteiger partial charge in [0.05, 0.1) is 18.0 Å². The lowest BCUT2D eigenvalue weighted by atomic mass is 10.2. The summed E-state index contributed by atoms with van der Waals surface area (Å²) in [6.45, 7) is 0.439. The molecule has 0 bridgehead atoms. The predicted molar refractivity (Wildman–Crippen MR) is 68.7 cm³/mol. The predicted octanol–water partition coefficient (Wildman–Crippen LogP) is 1.84. The zero-order chi connectivity index (χ0) is 15.4. The number of aromatic nitrogens is 2. The van der Waals surface area contributed by atoms with E-state index in [4.69, 9.17) is 10.4 Å². The average molecular weight is 292 g/mol. The van der Waals surface area contributed by atoms with Crippen LogP contribution in [0.3, 0.4) is 0 Å². The SMILES string of the molecule is N#Cc1cc(F)c(NCCn2cnc(C(=O)O)c2)c(F)c1. The fourth-order valence-corrected chi connectivity index (χ4v) is 1.71. The number of nitrogens with one attached hydrogen (secondary N) is 1. The first-order valence-corrected chi connectivity index (χ1v) is 5.89. The molecule has 0 saturated heterocycles. The number of nitriles is 1. The lowest BCUT2D eigenvalue weighted by Crippen LogP contribution is -2.11. The highest BCUT2D eigenvalue weighted by Gasteiger charge is 2.11. The number of anilines is 1. The topological polar surface area (TPSA) is 90.9 Å². The van der Waals surface area contributed by atoms with Gasteiger partial charge >= 0.3 is 5.97 Å². The highest BCUT2D eigenvalue weighted by molar-refractivity contribution is 5.84. The molecule has 21 heavy (non-hydrogen) atoms. The molecule has 0 aliphatic heterocycles. The first-order valence-electron chi connectivity index (χ1n) is 5.89. The Morgan fingerprint density at radius 3 is 2.62 bits per heavy atom. The van der Waals surface area contributed by atoms with Gasteiger partial charge in [-0.1, -0.05) is 0 Å². The summed E-state index contributed by atoms with van der Waals surface area (Å²) in [5, 5.41) is 19.9. The first-order chi connectivity index (χ1) is 10.0. The summed E-state index contributed by atoms with van der Waals surface area (Å²) in [5.41, 5.74) is -0.533. The Balaban J connectivity index is 2.00. The molecular formula is C13H10F2N4O2. The molecule has 108 valence electrons. The van der Waals surface area contributed by atoms with Gasteiger partial charge in [0.15, 0.2) is 17.3 Å². The second-order valence-electron chi connectivity index (χ2n) is 4.16. The van der Waals surface area contributed by atoms with Gasteiger partial charge in [-0.05, 0) is 12.1 Å². The van der Waals surface area contributed by atoms with E-state index >= 15 is 0 Å². The summed E-state index contributed by atoms with van der Waals surface area (Å²) in [5.74, 6) is -2.86. The van der Waals surface area contributed by atoms with Crippen LogP contribution in [0.5, 0.6) is 0 Å². The van der Waals surface area contributed by atoms with Gasteiger partial charge in [-0.15, -0.1) is 0 Å². The Morgan fingerprint density at radius 2 is 2.10 bits per heavy atom. The van der Waals surface area contributed by atoms with Gasteiger partial charge in [0, 0.05) is 19.3 Å². The maximum atomic E-state index is 13.6. The number of benzene rings is 1. The number of carboxylic acids is 1. The third-order valence-electron chi connectivity index (χ3n) is 2.70. The zero-order valence-corrected chi connectivity index (χ0v) is 10.7. The Hall–Kier alpha value is -2.95. The van der Waals surface area contributed by atoms with Crippen molar-refractivity contribution in [1.29, 1.82) is 5.26 Å². The fraction of sp³-hybridized carbons (Fsp3) is 0.154. The number of hydrogen-bond acceptors (Lipinski definition) is 4. The fourth-order valence-electron chi connectivity index (χ4n) is 1.71. The van der Waals surface area contributed by atoms with E-state index in [9.17, 15) is 13.6 Å². The van der Waals surface area contributed by atoms with Crippen LogP contribution in [-0.2, 0) is 6.54 Å². The molecule has 0 aliphatic rings. The summed E-state index contributed by atoms with van der Waals surface area (Å²) in [6, 6.07) is 3.53. The van der Waals surface area contributed by atoms with Gasteiger partial charge in [0.25, 0.3) is 0 Å². The van der Waals surface area contributed by atoms with Crippen molar-refractivity contribution in [1.82, 2.24) is 9.55 Å². The van der Waals surface area contributed by atoms with Gasteiger partial charge in [0.2, 0.25) is 0 Å². The minimum Gasteiger partial charge on any atom is -0.476 e. The maximum absolute atomic E-state index is 13.6. The van der Waals surface area contributed by atoms with Crippen LogP contribution >= 0.6 is 0 Å². The van der Waals surface area contributed by atoms with Crippen LogP contribution in [0, 0.1) is 23.0 Å². The summed E-state index contributed by atoms with van der Waals surface area (Å²) in [4.78, 5) is 14.3. The third kappa shape index (κ3) is 3.33. The van der Waals surface area contributed by atoms with E-state index in [0.717, 1.165) is 12.1 Å².